The van der Waals surface area contributed by atoms with Gasteiger partial charge in [0.25, 0.3) is 0 Å². The molecule has 1 heterocycles. The molecule has 1 aliphatic rings. The maximum Gasteiger partial charge on any atom is 0.227 e. The van der Waals surface area contributed by atoms with Crippen molar-refractivity contribution in [3.05, 3.63) is 29.3 Å². The Morgan fingerprint density at radius 3 is 2.39 bits per heavy atom. The molecule has 1 N–H and O–H groups in total. The quantitative estimate of drug-likeness (QED) is 0.924. The molecule has 4 heteroatoms. The SMILES string of the molecule is Cc1ccc(NC(=O)C2CCN(C(=O)CC(C)C)CC2)cc1C. The van der Waals surface area contributed by atoms with Crippen LogP contribution in [0.5, 0.6) is 0 Å². The van der Waals surface area contributed by atoms with E-state index < -0.39 is 0 Å². The standard InChI is InChI=1S/C19H28N2O2/c1-13(2)11-18(22)21-9-7-16(8-10-21)19(23)20-17-6-5-14(3)15(4)12-17/h5-6,12-13,16H,7-11H2,1-4H3,(H,20,23). The van der Waals surface area contributed by atoms with Gasteiger partial charge in [-0.3, -0.25) is 9.59 Å². The van der Waals surface area contributed by atoms with Gasteiger partial charge in [-0.05, 0) is 55.9 Å². The van der Waals surface area contributed by atoms with Crippen LogP contribution >= 0.6 is 0 Å². The van der Waals surface area contributed by atoms with Gasteiger partial charge in [-0.2, -0.15) is 0 Å². The van der Waals surface area contributed by atoms with Gasteiger partial charge in [0.05, 0.1) is 0 Å². The monoisotopic (exact) mass is 316 g/mol. The molecular formula is C19H28N2O2. The minimum atomic E-state index is -0.000269. The first-order chi connectivity index (χ1) is 10.9. The zero-order valence-corrected chi connectivity index (χ0v) is 14.7. The van der Waals surface area contributed by atoms with Crippen molar-refractivity contribution < 1.29 is 9.59 Å². The Morgan fingerprint density at radius 1 is 1.17 bits per heavy atom. The normalized spacial score (nSPS) is 15.8. The van der Waals surface area contributed by atoms with Crippen molar-refractivity contribution in [1.82, 2.24) is 4.90 Å². The second-order valence-corrected chi connectivity index (χ2v) is 7.04. The third kappa shape index (κ3) is 4.81. The number of aryl methyl sites for hydroxylation is 2. The van der Waals surface area contributed by atoms with Gasteiger partial charge in [-0.1, -0.05) is 19.9 Å². The zero-order valence-electron chi connectivity index (χ0n) is 14.7. The Kier molecular flexibility index (Phi) is 5.80. The Labute approximate surface area is 139 Å². The third-order valence-electron chi connectivity index (χ3n) is 4.58. The molecule has 23 heavy (non-hydrogen) atoms. The highest BCUT2D eigenvalue weighted by molar-refractivity contribution is 5.92. The first kappa shape index (κ1) is 17.5. The molecule has 1 fully saturated rings. The zero-order chi connectivity index (χ0) is 17.0. The number of benzene rings is 1. The van der Waals surface area contributed by atoms with Gasteiger partial charge in [0.1, 0.15) is 0 Å². The number of likely N-dealkylation sites (tertiary alicyclic amines) is 1. The fourth-order valence-corrected chi connectivity index (χ4v) is 2.93. The number of amides is 2. The van der Waals surface area contributed by atoms with E-state index in [2.05, 4.69) is 26.1 Å². The second-order valence-electron chi connectivity index (χ2n) is 7.04. The van der Waals surface area contributed by atoms with Crippen LogP contribution in [0.25, 0.3) is 0 Å². The average Bonchev–Trinajstić information content (AvgIpc) is 2.50. The first-order valence-corrected chi connectivity index (χ1v) is 8.52. The van der Waals surface area contributed by atoms with Crippen LogP contribution < -0.4 is 5.32 Å². The Hall–Kier alpha value is -1.84. The number of hydrogen-bond donors (Lipinski definition) is 1. The average molecular weight is 316 g/mol. The molecule has 0 bridgehead atoms. The summed E-state index contributed by atoms with van der Waals surface area (Å²) in [4.78, 5) is 26.4. The summed E-state index contributed by atoms with van der Waals surface area (Å²) in [6.07, 6.45) is 2.10. The van der Waals surface area contributed by atoms with E-state index in [0.717, 1.165) is 18.5 Å². The first-order valence-electron chi connectivity index (χ1n) is 8.52. The number of carbonyl (C=O) groups is 2. The van der Waals surface area contributed by atoms with Gasteiger partial charge in [-0.15, -0.1) is 0 Å². The fourth-order valence-electron chi connectivity index (χ4n) is 2.93. The molecule has 1 aromatic carbocycles. The van der Waals surface area contributed by atoms with Crippen molar-refractivity contribution in [2.75, 3.05) is 18.4 Å². The van der Waals surface area contributed by atoms with Crippen molar-refractivity contribution in [1.29, 1.82) is 0 Å². The lowest BCUT2D eigenvalue weighted by molar-refractivity contribution is -0.135. The number of carbonyl (C=O) groups excluding carboxylic acids is 2. The Balaban J connectivity index is 1.86. The van der Waals surface area contributed by atoms with Gasteiger partial charge < -0.3 is 10.2 Å². The summed E-state index contributed by atoms with van der Waals surface area (Å²) in [5, 5.41) is 3.01. The van der Waals surface area contributed by atoms with E-state index in [4.69, 9.17) is 0 Å². The van der Waals surface area contributed by atoms with Crippen molar-refractivity contribution in [3.63, 3.8) is 0 Å². The van der Waals surface area contributed by atoms with Crippen LogP contribution in [0, 0.1) is 25.7 Å². The molecule has 126 valence electrons. The highest BCUT2D eigenvalue weighted by atomic mass is 16.2. The van der Waals surface area contributed by atoms with E-state index >= 15 is 0 Å². The number of piperidine rings is 1. The summed E-state index contributed by atoms with van der Waals surface area (Å²) in [6, 6.07) is 5.98. The van der Waals surface area contributed by atoms with E-state index in [1.54, 1.807) is 0 Å². The molecule has 0 aliphatic carbocycles. The van der Waals surface area contributed by atoms with Crippen LogP contribution in [0.15, 0.2) is 18.2 Å². The Morgan fingerprint density at radius 2 is 1.83 bits per heavy atom. The van der Waals surface area contributed by atoms with Gasteiger partial charge in [-0.25, -0.2) is 0 Å². The second kappa shape index (κ2) is 7.62. The topological polar surface area (TPSA) is 49.4 Å². The lowest BCUT2D eigenvalue weighted by Crippen LogP contribution is -2.41. The minimum absolute atomic E-state index is 0.000269. The highest BCUT2D eigenvalue weighted by Gasteiger charge is 2.27. The summed E-state index contributed by atoms with van der Waals surface area (Å²) < 4.78 is 0. The molecule has 2 rings (SSSR count). The van der Waals surface area contributed by atoms with Crippen LogP contribution in [-0.2, 0) is 9.59 Å². The molecule has 0 unspecified atom stereocenters. The lowest BCUT2D eigenvalue weighted by Gasteiger charge is -2.31. The Bertz CT molecular complexity index is 573. The summed E-state index contributed by atoms with van der Waals surface area (Å²) in [5.74, 6) is 0.672. The summed E-state index contributed by atoms with van der Waals surface area (Å²) in [7, 11) is 0. The lowest BCUT2D eigenvalue weighted by atomic mass is 9.95. The van der Waals surface area contributed by atoms with Gasteiger partial charge >= 0.3 is 0 Å². The molecule has 0 radical (unpaired) electrons. The number of rotatable bonds is 4. The van der Waals surface area contributed by atoms with E-state index in [-0.39, 0.29) is 17.7 Å². The molecule has 1 saturated heterocycles. The van der Waals surface area contributed by atoms with E-state index in [9.17, 15) is 9.59 Å². The molecule has 0 saturated carbocycles. The highest BCUT2D eigenvalue weighted by Crippen LogP contribution is 2.21. The fraction of sp³-hybridized carbons (Fsp3) is 0.579. The summed E-state index contributed by atoms with van der Waals surface area (Å²) >= 11 is 0. The van der Waals surface area contributed by atoms with Gasteiger partial charge in [0.15, 0.2) is 0 Å². The minimum Gasteiger partial charge on any atom is -0.343 e. The predicted molar refractivity (Wildman–Crippen MR) is 93.3 cm³/mol. The van der Waals surface area contributed by atoms with Crippen molar-refractivity contribution >= 4 is 17.5 Å². The van der Waals surface area contributed by atoms with Crippen LogP contribution in [0.3, 0.4) is 0 Å². The van der Waals surface area contributed by atoms with Crippen LogP contribution in [0.2, 0.25) is 0 Å². The number of hydrogen-bond acceptors (Lipinski definition) is 2. The van der Waals surface area contributed by atoms with E-state index in [1.165, 1.54) is 11.1 Å². The van der Waals surface area contributed by atoms with Gasteiger partial charge in [0.2, 0.25) is 11.8 Å². The number of nitrogens with one attached hydrogen (secondary N) is 1. The maximum absolute atomic E-state index is 12.4. The van der Waals surface area contributed by atoms with Crippen molar-refractivity contribution in [2.45, 2.75) is 47.0 Å². The smallest absolute Gasteiger partial charge is 0.227 e. The van der Waals surface area contributed by atoms with Gasteiger partial charge in [0, 0.05) is 31.1 Å². The summed E-state index contributed by atoms with van der Waals surface area (Å²) in [5.41, 5.74) is 3.26. The van der Waals surface area contributed by atoms with Crippen molar-refractivity contribution in [2.24, 2.45) is 11.8 Å². The molecule has 0 atom stereocenters. The molecule has 0 aromatic heterocycles. The number of nitrogens with zero attached hydrogens (tertiary/aromatic N) is 1. The molecule has 2 amide bonds. The largest absolute Gasteiger partial charge is 0.343 e. The third-order valence-corrected chi connectivity index (χ3v) is 4.58. The molecular weight excluding hydrogens is 288 g/mol. The maximum atomic E-state index is 12.4. The summed E-state index contributed by atoms with van der Waals surface area (Å²) in [6.45, 7) is 9.60. The molecule has 1 aromatic rings. The van der Waals surface area contributed by atoms with Crippen molar-refractivity contribution in [3.8, 4) is 0 Å². The molecule has 1 aliphatic heterocycles. The molecule has 4 nitrogen and oxygen atoms in total. The van der Waals surface area contributed by atoms with E-state index in [0.29, 0.717) is 25.4 Å². The molecule has 0 spiro atoms. The predicted octanol–water partition coefficient (Wildman–Crippen LogP) is 3.53. The van der Waals surface area contributed by atoms with Crippen LogP contribution in [0.4, 0.5) is 5.69 Å². The number of anilines is 1. The van der Waals surface area contributed by atoms with Crippen LogP contribution in [0.1, 0.15) is 44.2 Å². The van der Waals surface area contributed by atoms with Crippen LogP contribution in [-0.4, -0.2) is 29.8 Å². The van der Waals surface area contributed by atoms with E-state index in [1.807, 2.05) is 30.0 Å².